The average Bonchev–Trinajstić information content (AvgIpc) is 2.47. The lowest BCUT2D eigenvalue weighted by Gasteiger charge is -2.22. The Morgan fingerprint density at radius 1 is 1.48 bits per heavy atom. The summed E-state index contributed by atoms with van der Waals surface area (Å²) in [7, 11) is 0. The Balaban J connectivity index is 2.07. The summed E-state index contributed by atoms with van der Waals surface area (Å²) in [6.45, 7) is 0.975. The number of rotatable bonds is 5. The molecule has 1 aromatic carbocycles. The molecule has 116 valence electrons. The van der Waals surface area contributed by atoms with E-state index in [1.165, 1.54) is 0 Å². The van der Waals surface area contributed by atoms with Gasteiger partial charge in [0.2, 0.25) is 6.43 Å². The second kappa shape index (κ2) is 7.93. The Kier molecular flexibility index (Phi) is 6.22. The molecular weight excluding hydrogens is 324 g/mol. The Hall–Kier alpha value is -0.890. The van der Waals surface area contributed by atoms with Gasteiger partial charge in [-0.1, -0.05) is 17.7 Å². The molecule has 1 amide bonds. The fourth-order valence-electron chi connectivity index (χ4n) is 1.75. The summed E-state index contributed by atoms with van der Waals surface area (Å²) in [5, 5.41) is 2.97. The maximum Gasteiger partial charge on any atom is 0.255 e. The first-order valence-corrected chi connectivity index (χ1v) is 7.64. The van der Waals surface area contributed by atoms with Crippen molar-refractivity contribution in [2.45, 2.75) is 17.4 Å². The zero-order chi connectivity index (χ0) is 15.2. The molecule has 0 radical (unpaired) electrons. The molecule has 1 aromatic rings. The molecule has 0 aromatic heterocycles. The van der Waals surface area contributed by atoms with E-state index in [0.29, 0.717) is 28.8 Å². The number of thioether (sulfide) groups is 1. The third kappa shape index (κ3) is 4.81. The molecule has 0 aliphatic carbocycles. The minimum Gasteiger partial charge on any atom is -0.376 e. The molecule has 1 N–H and O–H groups in total. The van der Waals surface area contributed by atoms with Crippen LogP contribution in [0.15, 0.2) is 23.1 Å². The fraction of sp³-hybridized carbons (Fsp3) is 0.462. The molecule has 2 rings (SSSR count). The number of amides is 1. The second-order valence-electron chi connectivity index (χ2n) is 4.24. The maximum atomic E-state index is 12.3. The molecule has 1 aliphatic rings. The first-order valence-electron chi connectivity index (χ1n) is 6.27. The van der Waals surface area contributed by atoms with Crippen molar-refractivity contribution in [3.63, 3.8) is 0 Å². The van der Waals surface area contributed by atoms with E-state index in [1.54, 1.807) is 18.2 Å². The molecule has 1 atom stereocenters. The third-order valence-electron chi connectivity index (χ3n) is 2.69. The van der Waals surface area contributed by atoms with Crippen molar-refractivity contribution in [1.29, 1.82) is 0 Å². The number of nitrogens with one attached hydrogen (secondary N) is 1. The predicted octanol–water partition coefficient (Wildman–Crippen LogP) is 3.05. The lowest BCUT2D eigenvalue weighted by Crippen LogP contribution is -2.39. The highest BCUT2D eigenvalue weighted by Crippen LogP contribution is 2.35. The summed E-state index contributed by atoms with van der Waals surface area (Å²) in [5.74, 6) is -0.772. The van der Waals surface area contributed by atoms with Crippen molar-refractivity contribution < 1.29 is 23.0 Å². The van der Waals surface area contributed by atoms with Crippen LogP contribution in [0, 0.1) is 0 Å². The van der Waals surface area contributed by atoms with Gasteiger partial charge in [0.25, 0.3) is 5.91 Å². The van der Waals surface area contributed by atoms with Crippen LogP contribution in [0.2, 0.25) is 5.02 Å². The molecule has 1 aliphatic heterocycles. The van der Waals surface area contributed by atoms with Gasteiger partial charge < -0.3 is 14.8 Å². The summed E-state index contributed by atoms with van der Waals surface area (Å²) in [6.07, 6.45) is -3.16. The van der Waals surface area contributed by atoms with Gasteiger partial charge in [0, 0.05) is 4.90 Å². The molecule has 1 fully saturated rings. The molecular formula is C13H14ClF2NO3S. The summed E-state index contributed by atoms with van der Waals surface area (Å²) >= 11 is 6.91. The quantitative estimate of drug-likeness (QED) is 0.839. The molecule has 21 heavy (non-hydrogen) atoms. The van der Waals surface area contributed by atoms with Gasteiger partial charge in [-0.3, -0.25) is 4.79 Å². The van der Waals surface area contributed by atoms with E-state index in [1.807, 2.05) is 0 Å². The van der Waals surface area contributed by atoms with Crippen molar-refractivity contribution >= 4 is 35.0 Å². The van der Waals surface area contributed by atoms with Gasteiger partial charge >= 0.3 is 0 Å². The summed E-state index contributed by atoms with van der Waals surface area (Å²) < 4.78 is 35.1. The second-order valence-corrected chi connectivity index (χ2v) is 5.68. The monoisotopic (exact) mass is 337 g/mol. The van der Waals surface area contributed by atoms with Gasteiger partial charge in [0.05, 0.1) is 36.3 Å². The fourth-order valence-corrected chi connectivity index (χ4v) is 2.86. The average molecular weight is 338 g/mol. The number of anilines is 1. The highest BCUT2D eigenvalue weighted by Gasteiger charge is 2.24. The molecule has 1 heterocycles. The van der Waals surface area contributed by atoms with E-state index >= 15 is 0 Å². The number of carbonyl (C=O) groups is 1. The summed E-state index contributed by atoms with van der Waals surface area (Å²) in [6, 6.07) is 4.84. The molecule has 4 nitrogen and oxygen atoms in total. The number of alkyl halides is 2. The van der Waals surface area contributed by atoms with Gasteiger partial charge in [-0.05, 0) is 12.1 Å². The molecule has 0 spiro atoms. The summed E-state index contributed by atoms with van der Waals surface area (Å²) in [5.41, 5.74) is 0.396. The first kappa shape index (κ1) is 16.5. The topological polar surface area (TPSA) is 47.6 Å². The smallest absolute Gasteiger partial charge is 0.255 e. The van der Waals surface area contributed by atoms with Gasteiger partial charge in [-0.25, -0.2) is 8.78 Å². The number of benzene rings is 1. The normalized spacial score (nSPS) is 18.8. The molecule has 0 bridgehead atoms. The van der Waals surface area contributed by atoms with Crippen molar-refractivity contribution in [2.75, 3.05) is 30.9 Å². The van der Waals surface area contributed by atoms with Crippen LogP contribution >= 0.6 is 23.4 Å². The van der Waals surface area contributed by atoms with Gasteiger partial charge in [0.1, 0.15) is 0 Å². The van der Waals surface area contributed by atoms with Crippen molar-refractivity contribution in [2.24, 2.45) is 0 Å². The van der Waals surface area contributed by atoms with Gasteiger partial charge in [0.15, 0.2) is 6.10 Å². The van der Waals surface area contributed by atoms with Crippen LogP contribution in [0.4, 0.5) is 14.5 Å². The third-order valence-corrected chi connectivity index (χ3v) is 4.26. The lowest BCUT2D eigenvalue weighted by molar-refractivity contribution is -0.142. The van der Waals surface area contributed by atoms with E-state index in [9.17, 15) is 13.6 Å². The molecule has 0 saturated carbocycles. The Morgan fingerprint density at radius 2 is 2.29 bits per heavy atom. The van der Waals surface area contributed by atoms with E-state index in [4.69, 9.17) is 21.1 Å². The summed E-state index contributed by atoms with van der Waals surface area (Å²) in [4.78, 5) is 12.5. The van der Waals surface area contributed by atoms with Crippen molar-refractivity contribution in [3.05, 3.63) is 23.2 Å². The van der Waals surface area contributed by atoms with Gasteiger partial charge in [-0.2, -0.15) is 0 Å². The van der Waals surface area contributed by atoms with Crippen LogP contribution in [0.1, 0.15) is 0 Å². The van der Waals surface area contributed by atoms with E-state index in [2.05, 4.69) is 5.32 Å². The highest BCUT2D eigenvalue weighted by molar-refractivity contribution is 7.99. The molecule has 1 unspecified atom stereocenters. The van der Waals surface area contributed by atoms with E-state index < -0.39 is 18.3 Å². The molecule has 8 heteroatoms. The Labute approximate surface area is 130 Å². The van der Waals surface area contributed by atoms with Crippen LogP contribution < -0.4 is 5.32 Å². The van der Waals surface area contributed by atoms with E-state index in [-0.39, 0.29) is 12.5 Å². The number of ether oxygens (including phenoxy) is 2. The van der Waals surface area contributed by atoms with Crippen molar-refractivity contribution in [3.8, 4) is 0 Å². The number of hydrogen-bond donors (Lipinski definition) is 1. The minimum atomic E-state index is -2.45. The standard InChI is InChI=1S/C13H14ClF2NO3S/c14-8-2-1-3-9(12(8)21-7-11(15)16)17-13(18)10-6-19-4-5-20-10/h1-3,10-11H,4-7H2,(H,17,18). The first-order chi connectivity index (χ1) is 10.1. The zero-order valence-electron chi connectivity index (χ0n) is 11.0. The largest absolute Gasteiger partial charge is 0.376 e. The van der Waals surface area contributed by atoms with Crippen LogP contribution in [0.5, 0.6) is 0 Å². The van der Waals surface area contributed by atoms with Crippen LogP contribution in [-0.4, -0.2) is 44.0 Å². The lowest BCUT2D eigenvalue weighted by atomic mass is 10.2. The Bertz CT molecular complexity index is 498. The minimum absolute atomic E-state index is 0.173. The van der Waals surface area contributed by atoms with Gasteiger partial charge in [-0.15, -0.1) is 11.8 Å². The number of halogens is 3. The zero-order valence-corrected chi connectivity index (χ0v) is 12.6. The van der Waals surface area contributed by atoms with Crippen LogP contribution in [-0.2, 0) is 14.3 Å². The SMILES string of the molecule is O=C(Nc1cccc(Cl)c1SCC(F)F)C1COCCO1. The van der Waals surface area contributed by atoms with E-state index in [0.717, 1.165) is 11.8 Å². The maximum absolute atomic E-state index is 12.3. The predicted molar refractivity (Wildman–Crippen MR) is 77.4 cm³/mol. The highest BCUT2D eigenvalue weighted by atomic mass is 35.5. The molecule has 1 saturated heterocycles. The number of carbonyl (C=O) groups excluding carboxylic acids is 1. The van der Waals surface area contributed by atoms with Crippen LogP contribution in [0.3, 0.4) is 0 Å². The van der Waals surface area contributed by atoms with Crippen molar-refractivity contribution in [1.82, 2.24) is 0 Å². The Morgan fingerprint density at radius 3 is 2.95 bits per heavy atom. The van der Waals surface area contributed by atoms with Crippen LogP contribution in [0.25, 0.3) is 0 Å². The number of hydrogen-bond acceptors (Lipinski definition) is 4.